The summed E-state index contributed by atoms with van der Waals surface area (Å²) >= 11 is 0. The van der Waals surface area contributed by atoms with Crippen molar-refractivity contribution in [3.63, 3.8) is 0 Å². The molecule has 1 rings (SSSR count). The third-order valence-corrected chi connectivity index (χ3v) is 4.46. The monoisotopic (exact) mass is 257 g/mol. The minimum Gasteiger partial charge on any atom is -0.373 e. The summed E-state index contributed by atoms with van der Waals surface area (Å²) in [7, 11) is 0.0552. The molecule has 0 spiro atoms. The zero-order valence-electron chi connectivity index (χ0n) is 10.6. The first-order chi connectivity index (χ1) is 7.86. The molecule has 1 aromatic rings. The molecule has 17 heavy (non-hydrogen) atoms. The Labute approximate surface area is 103 Å². The molecule has 0 aromatic carbocycles. The van der Waals surface area contributed by atoms with Crippen LogP contribution in [-0.2, 0) is 10.0 Å². The Kier molecular flexibility index (Phi) is 4.34. The first kappa shape index (κ1) is 13.8. The molecule has 0 saturated carbocycles. The van der Waals surface area contributed by atoms with Gasteiger partial charge in [0, 0.05) is 14.1 Å². The zero-order chi connectivity index (χ0) is 13.1. The molecular formula is C11H19N3O2S. The van der Waals surface area contributed by atoms with Gasteiger partial charge >= 0.3 is 0 Å². The van der Waals surface area contributed by atoms with Crippen LogP contribution in [-0.4, -0.2) is 33.2 Å². The Morgan fingerprint density at radius 3 is 2.47 bits per heavy atom. The highest BCUT2D eigenvalue weighted by molar-refractivity contribution is 7.92. The number of pyridine rings is 1. The van der Waals surface area contributed by atoms with E-state index in [-0.39, 0.29) is 11.7 Å². The molecule has 1 aromatic heterocycles. The van der Waals surface area contributed by atoms with Crippen LogP contribution in [0, 0.1) is 5.92 Å². The van der Waals surface area contributed by atoms with Gasteiger partial charge in [0.15, 0.2) is 0 Å². The van der Waals surface area contributed by atoms with Crippen LogP contribution < -0.4 is 9.62 Å². The number of hydrogen-bond donors (Lipinski definition) is 1. The van der Waals surface area contributed by atoms with Crippen molar-refractivity contribution in [1.82, 2.24) is 4.98 Å². The van der Waals surface area contributed by atoms with Crippen LogP contribution in [0.4, 0.5) is 11.5 Å². The van der Waals surface area contributed by atoms with E-state index in [1.54, 1.807) is 32.4 Å². The van der Waals surface area contributed by atoms with Crippen molar-refractivity contribution in [3.8, 4) is 0 Å². The van der Waals surface area contributed by atoms with Gasteiger partial charge in [-0.15, -0.1) is 0 Å². The number of aromatic nitrogens is 1. The normalized spacial score (nSPS) is 11.6. The van der Waals surface area contributed by atoms with Crippen molar-refractivity contribution in [2.45, 2.75) is 13.8 Å². The highest BCUT2D eigenvalue weighted by atomic mass is 32.2. The van der Waals surface area contributed by atoms with Gasteiger partial charge in [0.1, 0.15) is 5.82 Å². The molecule has 5 nitrogen and oxygen atoms in total. The van der Waals surface area contributed by atoms with Crippen LogP contribution in [0.25, 0.3) is 0 Å². The number of rotatable bonds is 5. The fourth-order valence-corrected chi connectivity index (χ4v) is 2.91. The number of nitrogens with one attached hydrogen (secondary N) is 1. The SMILES string of the molecule is CNc1ccc(N(C)S(=O)(=O)CC(C)C)cn1. The zero-order valence-corrected chi connectivity index (χ0v) is 11.5. The second-order valence-corrected chi connectivity index (χ2v) is 6.34. The smallest absolute Gasteiger partial charge is 0.235 e. The van der Waals surface area contributed by atoms with Gasteiger partial charge in [-0.25, -0.2) is 13.4 Å². The topological polar surface area (TPSA) is 62.3 Å². The minimum atomic E-state index is -3.26. The molecule has 0 fully saturated rings. The second kappa shape index (κ2) is 5.35. The predicted molar refractivity (Wildman–Crippen MR) is 70.8 cm³/mol. The fourth-order valence-electron chi connectivity index (χ4n) is 1.41. The van der Waals surface area contributed by atoms with Crippen LogP contribution in [0.15, 0.2) is 18.3 Å². The quantitative estimate of drug-likeness (QED) is 0.869. The molecule has 0 radical (unpaired) electrons. The van der Waals surface area contributed by atoms with Crippen LogP contribution >= 0.6 is 0 Å². The highest BCUT2D eigenvalue weighted by Gasteiger charge is 2.19. The van der Waals surface area contributed by atoms with Gasteiger partial charge in [0.25, 0.3) is 0 Å². The van der Waals surface area contributed by atoms with E-state index in [4.69, 9.17) is 0 Å². The molecule has 1 N–H and O–H groups in total. The van der Waals surface area contributed by atoms with Gasteiger partial charge in [-0.3, -0.25) is 4.31 Å². The number of hydrogen-bond acceptors (Lipinski definition) is 4. The van der Waals surface area contributed by atoms with Gasteiger partial charge in [-0.2, -0.15) is 0 Å². The summed E-state index contributed by atoms with van der Waals surface area (Å²) in [6.07, 6.45) is 1.55. The summed E-state index contributed by atoms with van der Waals surface area (Å²) < 4.78 is 25.2. The Hall–Kier alpha value is -1.30. The summed E-state index contributed by atoms with van der Waals surface area (Å²) in [6.45, 7) is 3.77. The maximum absolute atomic E-state index is 12.0. The Balaban J connectivity index is 2.91. The first-order valence-corrected chi connectivity index (χ1v) is 7.08. The van der Waals surface area contributed by atoms with E-state index in [1.165, 1.54) is 4.31 Å². The molecule has 0 bridgehead atoms. The molecule has 0 aliphatic rings. The molecule has 0 atom stereocenters. The van der Waals surface area contributed by atoms with Crippen molar-refractivity contribution in [2.24, 2.45) is 5.92 Å². The van der Waals surface area contributed by atoms with E-state index in [9.17, 15) is 8.42 Å². The van der Waals surface area contributed by atoms with Crippen molar-refractivity contribution in [3.05, 3.63) is 18.3 Å². The molecular weight excluding hydrogens is 238 g/mol. The number of nitrogens with zero attached hydrogens (tertiary/aromatic N) is 2. The van der Waals surface area contributed by atoms with Crippen LogP contribution in [0.3, 0.4) is 0 Å². The second-order valence-electron chi connectivity index (χ2n) is 4.29. The Bertz CT molecular complexity index is 454. The maximum atomic E-state index is 12.0. The van der Waals surface area contributed by atoms with E-state index in [0.29, 0.717) is 11.5 Å². The number of anilines is 2. The van der Waals surface area contributed by atoms with Gasteiger partial charge in [-0.05, 0) is 18.1 Å². The Morgan fingerprint density at radius 1 is 1.41 bits per heavy atom. The highest BCUT2D eigenvalue weighted by Crippen LogP contribution is 2.18. The third kappa shape index (κ3) is 3.59. The summed E-state index contributed by atoms with van der Waals surface area (Å²) in [4.78, 5) is 4.09. The average molecular weight is 257 g/mol. The van der Waals surface area contributed by atoms with Gasteiger partial charge in [-0.1, -0.05) is 13.8 Å². The maximum Gasteiger partial charge on any atom is 0.235 e. The van der Waals surface area contributed by atoms with E-state index >= 15 is 0 Å². The van der Waals surface area contributed by atoms with Crippen LogP contribution in [0.2, 0.25) is 0 Å². The van der Waals surface area contributed by atoms with E-state index < -0.39 is 10.0 Å². The Morgan fingerprint density at radius 2 is 2.06 bits per heavy atom. The van der Waals surface area contributed by atoms with Crippen molar-refractivity contribution in [1.29, 1.82) is 0 Å². The number of sulfonamides is 1. The molecule has 0 aliphatic heterocycles. The van der Waals surface area contributed by atoms with E-state index in [1.807, 2.05) is 13.8 Å². The van der Waals surface area contributed by atoms with Crippen LogP contribution in [0.5, 0.6) is 0 Å². The first-order valence-electron chi connectivity index (χ1n) is 5.47. The lowest BCUT2D eigenvalue weighted by Gasteiger charge is -2.20. The fraction of sp³-hybridized carbons (Fsp3) is 0.545. The molecule has 0 amide bonds. The average Bonchev–Trinajstić information content (AvgIpc) is 2.26. The summed E-state index contributed by atoms with van der Waals surface area (Å²) in [5.74, 6) is 0.951. The van der Waals surface area contributed by atoms with E-state index in [0.717, 1.165) is 0 Å². The molecule has 96 valence electrons. The van der Waals surface area contributed by atoms with E-state index in [2.05, 4.69) is 10.3 Å². The minimum absolute atomic E-state index is 0.104. The lowest BCUT2D eigenvalue weighted by Crippen LogP contribution is -2.30. The third-order valence-electron chi connectivity index (χ3n) is 2.33. The van der Waals surface area contributed by atoms with Crippen LogP contribution in [0.1, 0.15) is 13.8 Å². The standard InChI is InChI=1S/C11H19N3O2S/c1-9(2)8-17(15,16)14(4)10-5-6-11(12-3)13-7-10/h5-7,9H,8H2,1-4H3,(H,12,13). The molecule has 0 unspecified atom stereocenters. The van der Waals surface area contributed by atoms with Gasteiger partial charge in [0.05, 0.1) is 17.6 Å². The lowest BCUT2D eigenvalue weighted by atomic mass is 10.3. The molecule has 6 heteroatoms. The van der Waals surface area contributed by atoms with Crippen molar-refractivity contribution in [2.75, 3.05) is 29.5 Å². The molecule has 0 aliphatic carbocycles. The summed E-state index contributed by atoms with van der Waals surface area (Å²) in [6, 6.07) is 3.48. The van der Waals surface area contributed by atoms with Gasteiger partial charge < -0.3 is 5.32 Å². The van der Waals surface area contributed by atoms with Gasteiger partial charge in [0.2, 0.25) is 10.0 Å². The van der Waals surface area contributed by atoms with Crippen molar-refractivity contribution < 1.29 is 8.42 Å². The molecule has 0 saturated heterocycles. The lowest BCUT2D eigenvalue weighted by molar-refractivity contribution is 0.580. The predicted octanol–water partition coefficient (Wildman–Crippen LogP) is 1.55. The summed E-state index contributed by atoms with van der Waals surface area (Å²) in [5, 5.41) is 2.88. The van der Waals surface area contributed by atoms with Crippen molar-refractivity contribution >= 4 is 21.5 Å². The largest absolute Gasteiger partial charge is 0.373 e. The summed E-state index contributed by atoms with van der Waals surface area (Å²) in [5.41, 5.74) is 0.574. The molecule has 1 heterocycles.